The lowest BCUT2D eigenvalue weighted by Crippen LogP contribution is -2.38. The molecule has 1 aliphatic heterocycles. The number of halogens is 1. The van der Waals surface area contributed by atoms with Crippen LogP contribution < -0.4 is 15.0 Å². The Balaban J connectivity index is 1.37. The molecule has 0 aliphatic carbocycles. The first-order valence-corrected chi connectivity index (χ1v) is 10.4. The molecule has 0 saturated carbocycles. The minimum Gasteiger partial charge on any atom is -0.495 e. The third kappa shape index (κ3) is 5.05. The molecule has 170 valence electrons. The molecule has 0 spiro atoms. The van der Waals surface area contributed by atoms with E-state index in [1.165, 1.54) is 37.4 Å². The SMILES string of the molecule is COc1ccc([N+](=O)[O-])cc1NC(=O)C1CCN(c2ccc(-c3ccc(F)cc3)nn2)CC1. The fourth-order valence-electron chi connectivity index (χ4n) is 3.78. The van der Waals surface area contributed by atoms with Crippen LogP contribution in [0.1, 0.15) is 12.8 Å². The predicted octanol–water partition coefficient (Wildman–Crippen LogP) is 4.05. The van der Waals surface area contributed by atoms with Gasteiger partial charge in [-0.15, -0.1) is 10.2 Å². The van der Waals surface area contributed by atoms with E-state index in [9.17, 15) is 19.3 Å². The van der Waals surface area contributed by atoms with Gasteiger partial charge in [-0.2, -0.15) is 0 Å². The summed E-state index contributed by atoms with van der Waals surface area (Å²) in [6.07, 6.45) is 1.20. The van der Waals surface area contributed by atoms with Crippen LogP contribution >= 0.6 is 0 Å². The molecule has 33 heavy (non-hydrogen) atoms. The van der Waals surface area contributed by atoms with Crippen molar-refractivity contribution in [2.75, 3.05) is 30.4 Å². The first-order valence-electron chi connectivity index (χ1n) is 10.4. The zero-order valence-electron chi connectivity index (χ0n) is 17.9. The molecule has 1 aliphatic rings. The lowest BCUT2D eigenvalue weighted by atomic mass is 9.95. The van der Waals surface area contributed by atoms with Gasteiger partial charge in [0.2, 0.25) is 5.91 Å². The largest absolute Gasteiger partial charge is 0.495 e. The fraction of sp³-hybridized carbons (Fsp3) is 0.261. The van der Waals surface area contributed by atoms with Crippen molar-refractivity contribution in [3.63, 3.8) is 0 Å². The number of carbonyl (C=O) groups is 1. The lowest BCUT2D eigenvalue weighted by Gasteiger charge is -2.31. The Kier molecular flexibility index (Phi) is 6.43. The Hall–Kier alpha value is -4.08. The standard InChI is InChI=1S/C23H22FN5O4/c1-33-21-8-6-18(29(31)32)14-20(21)25-23(30)16-10-12-28(13-11-16)22-9-7-19(26-27-22)15-2-4-17(24)5-3-15/h2-9,14,16H,10-13H2,1H3,(H,25,30). The summed E-state index contributed by atoms with van der Waals surface area (Å²) >= 11 is 0. The Morgan fingerprint density at radius 2 is 1.85 bits per heavy atom. The van der Waals surface area contributed by atoms with Crippen molar-refractivity contribution in [1.82, 2.24) is 10.2 Å². The summed E-state index contributed by atoms with van der Waals surface area (Å²) in [6, 6.07) is 13.8. The Labute approximate surface area is 189 Å². The summed E-state index contributed by atoms with van der Waals surface area (Å²) in [5.74, 6) is 0.324. The molecule has 1 fully saturated rings. The van der Waals surface area contributed by atoms with Crippen LogP contribution in [-0.2, 0) is 4.79 Å². The van der Waals surface area contributed by atoms with Crippen LogP contribution in [0.25, 0.3) is 11.3 Å². The maximum absolute atomic E-state index is 13.1. The Morgan fingerprint density at radius 3 is 2.45 bits per heavy atom. The molecule has 0 atom stereocenters. The van der Waals surface area contributed by atoms with Crippen molar-refractivity contribution in [2.24, 2.45) is 5.92 Å². The van der Waals surface area contributed by atoms with Gasteiger partial charge in [-0.05, 0) is 55.3 Å². The highest BCUT2D eigenvalue weighted by molar-refractivity contribution is 5.94. The van der Waals surface area contributed by atoms with E-state index in [2.05, 4.69) is 20.4 Å². The summed E-state index contributed by atoms with van der Waals surface area (Å²) in [5, 5.41) is 22.3. The van der Waals surface area contributed by atoms with Gasteiger partial charge < -0.3 is 15.0 Å². The van der Waals surface area contributed by atoms with Gasteiger partial charge in [0.1, 0.15) is 11.6 Å². The molecule has 2 aromatic carbocycles. The monoisotopic (exact) mass is 451 g/mol. The normalized spacial score (nSPS) is 14.1. The van der Waals surface area contributed by atoms with Crippen LogP contribution in [0.5, 0.6) is 5.75 Å². The summed E-state index contributed by atoms with van der Waals surface area (Å²) in [7, 11) is 1.44. The summed E-state index contributed by atoms with van der Waals surface area (Å²) in [6.45, 7) is 1.24. The molecule has 0 radical (unpaired) electrons. The third-order valence-corrected chi connectivity index (χ3v) is 5.63. The molecule has 10 heteroatoms. The number of carbonyl (C=O) groups excluding carboxylic acids is 1. The molecule has 1 N–H and O–H groups in total. The zero-order chi connectivity index (χ0) is 23.4. The van der Waals surface area contributed by atoms with Crippen LogP contribution in [0.15, 0.2) is 54.6 Å². The Bertz CT molecular complexity index is 1150. The van der Waals surface area contributed by atoms with Gasteiger partial charge >= 0.3 is 0 Å². The molecule has 0 unspecified atom stereocenters. The third-order valence-electron chi connectivity index (χ3n) is 5.63. The van der Waals surface area contributed by atoms with Gasteiger partial charge in [0.15, 0.2) is 5.82 Å². The molecule has 2 heterocycles. The van der Waals surface area contributed by atoms with Crippen molar-refractivity contribution >= 4 is 23.1 Å². The molecular weight excluding hydrogens is 429 g/mol. The van der Waals surface area contributed by atoms with Gasteiger partial charge in [0.25, 0.3) is 5.69 Å². The number of rotatable bonds is 6. The number of nitrogens with zero attached hydrogens (tertiary/aromatic N) is 4. The molecule has 1 aromatic heterocycles. The minimum absolute atomic E-state index is 0.122. The van der Waals surface area contributed by atoms with Gasteiger partial charge in [0.05, 0.1) is 23.4 Å². The number of benzene rings is 2. The van der Waals surface area contributed by atoms with Crippen molar-refractivity contribution in [2.45, 2.75) is 12.8 Å². The van der Waals surface area contributed by atoms with Gasteiger partial charge in [-0.1, -0.05) is 0 Å². The number of hydrogen-bond donors (Lipinski definition) is 1. The van der Waals surface area contributed by atoms with Crippen LogP contribution in [-0.4, -0.2) is 41.2 Å². The summed E-state index contributed by atoms with van der Waals surface area (Å²) in [4.78, 5) is 25.4. The number of nitro benzene ring substituents is 1. The van der Waals surface area contributed by atoms with Gasteiger partial charge in [0, 0.05) is 36.7 Å². The lowest BCUT2D eigenvalue weighted by molar-refractivity contribution is -0.384. The number of non-ortho nitro benzene ring substituents is 1. The second-order valence-electron chi connectivity index (χ2n) is 7.68. The molecule has 9 nitrogen and oxygen atoms in total. The number of hydrogen-bond acceptors (Lipinski definition) is 7. The number of ether oxygens (including phenoxy) is 1. The Morgan fingerprint density at radius 1 is 1.12 bits per heavy atom. The molecule has 4 rings (SSSR count). The first-order chi connectivity index (χ1) is 15.9. The molecule has 0 bridgehead atoms. The quantitative estimate of drug-likeness (QED) is 0.445. The minimum atomic E-state index is -0.518. The van der Waals surface area contributed by atoms with Crippen molar-refractivity contribution in [3.05, 3.63) is 70.5 Å². The number of methoxy groups -OCH3 is 1. The number of aromatic nitrogens is 2. The topological polar surface area (TPSA) is 110 Å². The van der Waals surface area contributed by atoms with Crippen LogP contribution in [0.2, 0.25) is 0 Å². The van der Waals surface area contributed by atoms with Crippen molar-refractivity contribution in [3.8, 4) is 17.0 Å². The van der Waals surface area contributed by atoms with Crippen LogP contribution in [0, 0.1) is 21.8 Å². The molecule has 1 amide bonds. The zero-order valence-corrected chi connectivity index (χ0v) is 17.9. The smallest absolute Gasteiger partial charge is 0.271 e. The van der Waals surface area contributed by atoms with E-state index >= 15 is 0 Å². The second kappa shape index (κ2) is 9.60. The predicted molar refractivity (Wildman–Crippen MR) is 121 cm³/mol. The number of nitro groups is 1. The summed E-state index contributed by atoms with van der Waals surface area (Å²) < 4.78 is 18.3. The van der Waals surface area contributed by atoms with Gasteiger partial charge in [-0.25, -0.2) is 4.39 Å². The number of amides is 1. The van der Waals surface area contributed by atoms with Crippen molar-refractivity contribution < 1.29 is 18.8 Å². The second-order valence-corrected chi connectivity index (χ2v) is 7.68. The highest BCUT2D eigenvalue weighted by Crippen LogP contribution is 2.30. The summed E-state index contributed by atoms with van der Waals surface area (Å²) in [5.41, 5.74) is 1.59. The number of anilines is 2. The molecule has 3 aromatic rings. The fourth-order valence-corrected chi connectivity index (χ4v) is 3.78. The first kappa shape index (κ1) is 22.1. The average molecular weight is 451 g/mol. The maximum atomic E-state index is 13.1. The highest BCUT2D eigenvalue weighted by atomic mass is 19.1. The van der Waals surface area contributed by atoms with E-state index in [0.29, 0.717) is 43.2 Å². The number of nitrogens with one attached hydrogen (secondary N) is 1. The van der Waals surface area contributed by atoms with Crippen LogP contribution in [0.3, 0.4) is 0 Å². The van der Waals surface area contributed by atoms with E-state index in [1.807, 2.05) is 12.1 Å². The highest BCUT2D eigenvalue weighted by Gasteiger charge is 2.27. The van der Waals surface area contributed by atoms with E-state index < -0.39 is 4.92 Å². The van der Waals surface area contributed by atoms with E-state index in [-0.39, 0.29) is 29.0 Å². The maximum Gasteiger partial charge on any atom is 0.271 e. The van der Waals surface area contributed by atoms with Crippen molar-refractivity contribution in [1.29, 1.82) is 0 Å². The van der Waals surface area contributed by atoms with E-state index in [0.717, 1.165) is 5.56 Å². The molecule has 1 saturated heterocycles. The van der Waals surface area contributed by atoms with E-state index in [4.69, 9.17) is 4.74 Å². The van der Waals surface area contributed by atoms with Gasteiger partial charge in [-0.3, -0.25) is 14.9 Å². The molecular formula is C23H22FN5O4. The van der Waals surface area contributed by atoms with E-state index in [1.54, 1.807) is 12.1 Å². The number of piperidine rings is 1. The average Bonchev–Trinajstić information content (AvgIpc) is 2.84. The van der Waals surface area contributed by atoms with Crippen LogP contribution in [0.4, 0.5) is 21.6 Å².